The summed E-state index contributed by atoms with van der Waals surface area (Å²) in [4.78, 5) is 128. The molecular weight excluding hydrogens is 1160 g/mol. The van der Waals surface area contributed by atoms with Gasteiger partial charge in [0, 0.05) is 67.7 Å². The number of ketones is 2. The summed E-state index contributed by atoms with van der Waals surface area (Å²) in [7, 11) is 1.55. The molecule has 0 unspecified atom stereocenters. The summed E-state index contributed by atoms with van der Waals surface area (Å²) in [6, 6.07) is 13.0. The molecule has 0 bridgehead atoms. The summed E-state index contributed by atoms with van der Waals surface area (Å²) in [6.45, 7) is 13.7. The highest BCUT2D eigenvalue weighted by Gasteiger charge is 2.30. The van der Waals surface area contributed by atoms with Crippen LogP contribution in [-0.4, -0.2) is 121 Å². The maximum absolute atomic E-state index is 13.9. The first-order chi connectivity index (χ1) is 42.6. The van der Waals surface area contributed by atoms with E-state index in [0.29, 0.717) is 106 Å². The SMILES string of the molecule is C=C(CCC)C(=O)N(CCCCCC(=O)N[C@H](C(=O)N[C@@H](CCCNC(N)=O)C(=O)Nc1ccc(COc2cc3sc(C(=O)CCC(=O)O)cc3cc2OCCCOc2cc3c(cc2OC)C/C(=C\C(=O)CCC(=O)OCCCC)C3)cc1)C(C)C)C(C)=O. The van der Waals surface area contributed by atoms with E-state index in [1.807, 2.05) is 26.0 Å². The van der Waals surface area contributed by atoms with Crippen LogP contribution in [0, 0.1) is 5.92 Å². The third-order valence-corrected chi connectivity index (χ3v) is 15.6. The Morgan fingerprint density at radius 3 is 2.06 bits per heavy atom. The van der Waals surface area contributed by atoms with Crippen LogP contribution in [0.1, 0.15) is 157 Å². The molecule has 1 heterocycles. The number of aliphatic carboxylic acids is 1. The lowest BCUT2D eigenvalue weighted by molar-refractivity contribution is -0.145. The third kappa shape index (κ3) is 23.8. The molecule has 482 valence electrons. The van der Waals surface area contributed by atoms with E-state index in [1.165, 1.54) is 23.2 Å². The Balaban J connectivity index is 1.20. The number of anilines is 1. The van der Waals surface area contributed by atoms with E-state index in [1.54, 1.807) is 69.5 Å². The number of thiophene rings is 1. The number of hydrogen-bond donors (Lipinski definition) is 6. The Hall–Kier alpha value is -8.60. The fourth-order valence-electron chi connectivity index (χ4n) is 9.64. The Kier molecular flexibility index (Phi) is 29.3. The molecule has 0 saturated carbocycles. The Morgan fingerprint density at radius 1 is 0.730 bits per heavy atom. The number of fused-ring (bicyclic) bond motifs is 2. The topological polar surface area (TPSA) is 314 Å². The van der Waals surface area contributed by atoms with Gasteiger partial charge in [0.05, 0.1) is 44.6 Å². The standard InChI is InChI=1S/C66H86N6O16S/c1-8-10-29-87-61(79)26-23-50(74)34-45-32-46-35-53(84-7)54(36-47(46)33-45)85-30-15-31-86-55-37-48-38-58(52(75)24-25-60(77)78)89-57(48)39-56(55)88-40-44-19-21-49(22-20-44)69-63(80)51(17-14-27-68-66(67)83)70-64(81)62(41(3)4)71-59(76)18-12-11-13-28-72(43(6)73)65(82)42(5)16-9-2/h19-22,34-39,41,51,62H,5,8-18,23-33,40H2,1-4,6-7H3,(H,69,80)(H,70,81)(H,71,76)(H,77,78)(H3,67,68,83)/b45-34+/t51-,62-/m0/s1. The largest absolute Gasteiger partial charge is 0.493 e. The molecule has 1 aliphatic rings. The van der Waals surface area contributed by atoms with Crippen LogP contribution >= 0.6 is 11.3 Å². The van der Waals surface area contributed by atoms with Crippen LogP contribution in [-0.2, 0) is 62.5 Å². The smallest absolute Gasteiger partial charge is 0.312 e. The van der Waals surface area contributed by atoms with Crippen LogP contribution in [0.4, 0.5) is 10.5 Å². The normalized spacial score (nSPS) is 12.7. The second-order valence-corrected chi connectivity index (χ2v) is 23.3. The van der Waals surface area contributed by atoms with Gasteiger partial charge >= 0.3 is 18.0 Å². The van der Waals surface area contributed by atoms with Gasteiger partial charge < -0.3 is 55.8 Å². The maximum Gasteiger partial charge on any atom is 0.312 e. The van der Waals surface area contributed by atoms with Gasteiger partial charge in [-0.25, -0.2) is 4.79 Å². The highest BCUT2D eigenvalue weighted by atomic mass is 32.1. The molecule has 23 heteroatoms. The van der Waals surface area contributed by atoms with Crippen LogP contribution in [0.3, 0.4) is 0 Å². The van der Waals surface area contributed by atoms with Crippen LogP contribution in [0.2, 0.25) is 0 Å². The summed E-state index contributed by atoms with van der Waals surface area (Å²) >= 11 is 1.21. The van der Waals surface area contributed by atoms with Gasteiger partial charge in [-0.3, -0.25) is 48.1 Å². The van der Waals surface area contributed by atoms with E-state index < -0.39 is 41.8 Å². The molecule has 2 atom stereocenters. The maximum atomic E-state index is 13.9. The number of esters is 1. The number of primary amides is 1. The summed E-state index contributed by atoms with van der Waals surface area (Å²) < 4.78 is 30.4. The van der Waals surface area contributed by atoms with Crippen molar-refractivity contribution in [1.82, 2.24) is 20.9 Å². The Morgan fingerprint density at radius 2 is 1.42 bits per heavy atom. The lowest BCUT2D eigenvalue weighted by Crippen LogP contribution is -2.54. The number of carboxylic acid groups (broad SMARTS) is 1. The molecular formula is C66H86N6O16S. The number of rotatable bonds is 40. The molecule has 7 N–H and O–H groups in total. The lowest BCUT2D eigenvalue weighted by atomic mass is 10.0. The van der Waals surface area contributed by atoms with Crippen molar-refractivity contribution in [2.24, 2.45) is 11.7 Å². The van der Waals surface area contributed by atoms with Gasteiger partial charge in [-0.1, -0.05) is 71.2 Å². The van der Waals surface area contributed by atoms with Crippen molar-refractivity contribution >= 4 is 86.2 Å². The summed E-state index contributed by atoms with van der Waals surface area (Å²) in [5.41, 5.74) is 9.68. The monoisotopic (exact) mass is 1250 g/mol. The van der Waals surface area contributed by atoms with Gasteiger partial charge in [0.2, 0.25) is 23.6 Å². The van der Waals surface area contributed by atoms with Crippen LogP contribution in [0.25, 0.3) is 10.1 Å². The number of unbranched alkanes of at least 4 members (excludes halogenated alkanes) is 3. The minimum atomic E-state index is -1.09. The van der Waals surface area contributed by atoms with Gasteiger partial charge in [-0.15, -0.1) is 11.3 Å². The molecule has 0 spiro atoms. The number of imide groups is 1. The van der Waals surface area contributed by atoms with Crippen LogP contribution in [0.15, 0.2) is 78.4 Å². The van der Waals surface area contributed by atoms with Gasteiger partial charge in [-0.2, -0.15) is 0 Å². The Bertz CT molecular complexity index is 3190. The highest BCUT2D eigenvalue weighted by molar-refractivity contribution is 7.20. The minimum absolute atomic E-state index is 0.0347. The molecule has 22 nitrogen and oxygen atoms in total. The molecule has 0 fully saturated rings. The third-order valence-electron chi connectivity index (χ3n) is 14.5. The second kappa shape index (κ2) is 36.6. The van der Waals surface area contributed by atoms with Gasteiger partial charge in [0.25, 0.3) is 5.91 Å². The van der Waals surface area contributed by atoms with Gasteiger partial charge in [0.15, 0.2) is 34.6 Å². The molecule has 7 amide bonds. The zero-order valence-corrected chi connectivity index (χ0v) is 52.8. The van der Waals surface area contributed by atoms with Crippen LogP contribution < -0.4 is 45.9 Å². The molecule has 89 heavy (non-hydrogen) atoms. The van der Waals surface area contributed by atoms with E-state index in [0.717, 1.165) is 36.0 Å². The Labute approximate surface area is 524 Å². The molecule has 3 aromatic carbocycles. The molecule has 1 aromatic heterocycles. The van der Waals surface area contributed by atoms with Crippen molar-refractivity contribution in [3.63, 3.8) is 0 Å². The van der Waals surface area contributed by atoms with Crippen LogP contribution in [0.5, 0.6) is 23.0 Å². The molecule has 4 aromatic rings. The minimum Gasteiger partial charge on any atom is -0.493 e. The zero-order valence-electron chi connectivity index (χ0n) is 52.0. The first kappa shape index (κ1) is 71.2. The number of carboxylic acids is 1. The number of nitrogens with two attached hydrogens (primary N) is 1. The van der Waals surface area contributed by atoms with Crippen molar-refractivity contribution in [3.05, 3.63) is 100.0 Å². The number of carbonyl (C=O) groups is 10. The average molecular weight is 1250 g/mol. The molecule has 5 rings (SSSR count). The lowest BCUT2D eigenvalue weighted by Gasteiger charge is -2.25. The van der Waals surface area contributed by atoms with Gasteiger partial charge in [0.1, 0.15) is 18.7 Å². The first-order valence-electron chi connectivity index (χ1n) is 30.4. The van der Waals surface area contributed by atoms with Crippen molar-refractivity contribution < 1.29 is 76.7 Å². The van der Waals surface area contributed by atoms with E-state index in [9.17, 15) is 53.1 Å². The van der Waals surface area contributed by atoms with E-state index >= 15 is 0 Å². The average Bonchev–Trinajstić information content (AvgIpc) is 2.06. The number of ether oxygens (including phenoxy) is 5. The van der Waals surface area contributed by atoms with E-state index in [-0.39, 0.29) is 113 Å². The number of Topliss-reactive ketones (excluding diaryl/α,β-unsaturated/α-hetero) is 1. The van der Waals surface area contributed by atoms with Crippen molar-refractivity contribution in [2.45, 2.75) is 162 Å². The number of benzene rings is 3. The number of urea groups is 1. The first-order valence-corrected chi connectivity index (χ1v) is 31.2. The van der Waals surface area contributed by atoms with Crippen molar-refractivity contribution in [1.29, 1.82) is 0 Å². The summed E-state index contributed by atoms with van der Waals surface area (Å²) in [5.74, 6) is -2.74. The highest BCUT2D eigenvalue weighted by Crippen LogP contribution is 2.39. The molecule has 0 aliphatic heterocycles. The quantitative estimate of drug-likeness (QED) is 0.0105. The van der Waals surface area contributed by atoms with E-state index in [4.69, 9.17) is 29.4 Å². The number of nitrogens with zero attached hydrogens (tertiary/aromatic N) is 1. The number of hydrogen-bond acceptors (Lipinski definition) is 16. The summed E-state index contributed by atoms with van der Waals surface area (Å²) in [6.07, 6.45) is 7.63. The fourth-order valence-corrected chi connectivity index (χ4v) is 10.7. The number of carbonyl (C=O) groups excluding carboxylic acids is 9. The van der Waals surface area contributed by atoms with Crippen molar-refractivity contribution in [2.75, 3.05) is 45.3 Å². The molecule has 0 saturated heterocycles. The summed E-state index contributed by atoms with van der Waals surface area (Å²) in [5, 5.41) is 20.8. The number of allylic oxidation sites excluding steroid dienone is 2. The second-order valence-electron chi connectivity index (χ2n) is 22.2. The van der Waals surface area contributed by atoms with E-state index in [2.05, 4.69) is 27.8 Å². The van der Waals surface area contributed by atoms with Gasteiger partial charge in [-0.05, 0) is 122 Å². The number of nitrogens with one attached hydrogen (secondary N) is 4. The zero-order chi connectivity index (χ0) is 65.0. The number of methoxy groups -OCH3 is 1. The predicted molar refractivity (Wildman–Crippen MR) is 337 cm³/mol. The van der Waals surface area contributed by atoms with Crippen molar-refractivity contribution in [3.8, 4) is 23.0 Å². The molecule has 1 aliphatic carbocycles. The predicted octanol–water partition coefficient (Wildman–Crippen LogP) is 9.41. The number of amides is 7. The fraction of sp³-hybridized carbons (Fsp3) is 0.485. The molecule has 0 radical (unpaired) electrons.